The van der Waals surface area contributed by atoms with Gasteiger partial charge in [0.15, 0.2) is 37.6 Å². The second-order valence-corrected chi connectivity index (χ2v) is 29.4. The van der Waals surface area contributed by atoms with Gasteiger partial charge in [0.2, 0.25) is 5.91 Å². The zero-order chi connectivity index (χ0) is 80.0. The van der Waals surface area contributed by atoms with E-state index in [9.17, 15) is 30.0 Å². The summed E-state index contributed by atoms with van der Waals surface area (Å²) in [7, 11) is 0. The van der Waals surface area contributed by atoms with E-state index in [2.05, 4.69) is 5.32 Å². The molecule has 25 atom stereocenters. The summed E-state index contributed by atoms with van der Waals surface area (Å²) in [5, 5.41) is 50.3. The Morgan fingerprint density at radius 2 is 0.635 bits per heavy atom. The third-order valence-electron chi connectivity index (χ3n) is 20.9. The molecule has 0 saturated carbocycles. The molecular weight excluding hydrogens is 1480 g/mol. The van der Waals surface area contributed by atoms with Crippen LogP contribution >= 0.6 is 0 Å². The maximum Gasteiger partial charge on any atom is 0.303 e. The number of esters is 1. The Balaban J connectivity index is 0.915. The van der Waals surface area contributed by atoms with Gasteiger partial charge in [-0.2, -0.15) is 0 Å². The number of hydrogen-bond acceptors (Lipinski definition) is 24. The summed E-state index contributed by atoms with van der Waals surface area (Å²) in [5.74, 6) is -1.45. The van der Waals surface area contributed by atoms with Crippen LogP contribution in [0.1, 0.15) is 79.1 Å². The zero-order valence-electron chi connectivity index (χ0n) is 65.1. The highest BCUT2D eigenvalue weighted by molar-refractivity contribution is 5.73. The quantitative estimate of drug-likeness (QED) is 0.0228. The van der Waals surface area contributed by atoms with Crippen LogP contribution in [-0.4, -0.2) is 199 Å². The van der Waals surface area contributed by atoms with Crippen molar-refractivity contribution in [3.8, 4) is 0 Å². The lowest BCUT2D eigenvalue weighted by molar-refractivity contribution is -0.404. The summed E-state index contributed by atoms with van der Waals surface area (Å²) in [4.78, 5) is 26.7. The minimum absolute atomic E-state index is 0.0164. The molecule has 0 unspecified atom stereocenters. The largest absolute Gasteiger partial charge is 0.454 e. The number of nitrogens with one attached hydrogen (secondary N) is 1. The lowest BCUT2D eigenvalue weighted by Crippen LogP contribution is -2.69. The molecule has 0 aromatic heterocycles. The van der Waals surface area contributed by atoms with Gasteiger partial charge in [0.05, 0.1) is 84.4 Å². The van der Waals surface area contributed by atoms with Crippen LogP contribution in [0.15, 0.2) is 243 Å². The van der Waals surface area contributed by atoms with E-state index >= 15 is 0 Å². The van der Waals surface area contributed by atoms with Crippen LogP contribution in [0, 0.1) is 0 Å². The Bertz CT molecular complexity index is 4140. The highest BCUT2D eigenvalue weighted by Crippen LogP contribution is 2.42. The Labute approximate surface area is 670 Å². The molecule has 25 nitrogen and oxygen atoms in total. The van der Waals surface area contributed by atoms with Gasteiger partial charge in [0.1, 0.15) is 97.6 Å². The number of rotatable bonds is 36. The van der Waals surface area contributed by atoms with Gasteiger partial charge in [-0.1, -0.05) is 243 Å². The van der Waals surface area contributed by atoms with Crippen molar-refractivity contribution in [2.45, 2.75) is 241 Å². The molecule has 115 heavy (non-hydrogen) atoms. The van der Waals surface area contributed by atoms with Gasteiger partial charge < -0.3 is 111 Å². The molecule has 0 bridgehead atoms. The first-order valence-corrected chi connectivity index (χ1v) is 39.3. The molecule has 614 valence electrons. The van der Waals surface area contributed by atoms with Gasteiger partial charge in [-0.3, -0.25) is 9.59 Å². The predicted octanol–water partition coefficient (Wildman–Crippen LogP) is 9.67. The number of amides is 1. The number of aliphatic hydroxyl groups excluding tert-OH is 4. The minimum atomic E-state index is -1.81. The standard InChI is InChI=1S/C90H105NO24/c1-56-74(99-48-62-32-16-7-17-33-62)79(113-88-83(105-54-68-44-28-13-29-45-68)81(104-53-67-42-26-12-27-43-67)77(102-51-65-38-22-10-23-39-65)70(111-88)55-98-47-61-30-14-6-15-31-61)73(96)87(106-56)115-84-80(103-52-66-40-24-11-25-41-66)75(100-49-63-34-18-8-19-35-63)57(2)107-89(84)114-82-76(101-50-64-36-20-9-21-37-64)58(3)108-90(85(82)109-60(5)94)112-78-71(91-59(4)93)86(97)110-69(46-92)72(78)95/h6-45,56-58,69-90,92,95-97H,46-55H2,1-5H3,(H,91,93)/t56-,57-,58-,69+,70+,71+,72+,73+,74-,75-,76-,77+,78+,79-,80+,81-,82+,83+,84+,85+,86+,87-,88+,89-,90-/m0/s1. The Hall–Kier alpha value is -8.14. The van der Waals surface area contributed by atoms with Crippen LogP contribution < -0.4 is 5.32 Å². The molecule has 0 aliphatic carbocycles. The van der Waals surface area contributed by atoms with Gasteiger partial charge in [0, 0.05) is 13.8 Å². The summed E-state index contributed by atoms with van der Waals surface area (Å²) >= 11 is 0. The first kappa shape index (κ1) is 84.8. The molecular formula is C90H105NO24. The lowest BCUT2D eigenvalue weighted by Gasteiger charge is -2.52. The van der Waals surface area contributed by atoms with Crippen molar-refractivity contribution in [3.63, 3.8) is 0 Å². The smallest absolute Gasteiger partial charge is 0.303 e. The summed E-state index contributed by atoms with van der Waals surface area (Å²) in [6.45, 7) is 7.50. The lowest BCUT2D eigenvalue weighted by atomic mass is 9.94. The molecule has 5 heterocycles. The van der Waals surface area contributed by atoms with Crippen molar-refractivity contribution < 1.29 is 115 Å². The fourth-order valence-electron chi connectivity index (χ4n) is 15.1. The van der Waals surface area contributed by atoms with Gasteiger partial charge in [-0.05, 0) is 65.3 Å². The summed E-state index contributed by atoms with van der Waals surface area (Å²) < 4.78 is 125. The Morgan fingerprint density at radius 1 is 0.322 bits per heavy atom. The van der Waals surface area contributed by atoms with E-state index < -0.39 is 172 Å². The average molecular weight is 1580 g/mol. The van der Waals surface area contributed by atoms with Crippen molar-refractivity contribution in [2.75, 3.05) is 13.2 Å². The maximum absolute atomic E-state index is 13.9. The van der Waals surface area contributed by atoms with Crippen LogP contribution in [0.25, 0.3) is 0 Å². The maximum atomic E-state index is 13.9. The zero-order valence-corrected chi connectivity index (χ0v) is 65.1. The summed E-state index contributed by atoms with van der Waals surface area (Å²) in [6, 6.07) is 75.5. The van der Waals surface area contributed by atoms with Crippen molar-refractivity contribution in [1.29, 1.82) is 0 Å². The second-order valence-electron chi connectivity index (χ2n) is 29.4. The van der Waals surface area contributed by atoms with E-state index in [1.54, 1.807) is 20.8 Å². The van der Waals surface area contributed by atoms with Crippen molar-refractivity contribution in [1.82, 2.24) is 5.32 Å². The molecule has 5 saturated heterocycles. The van der Waals surface area contributed by atoms with Crippen molar-refractivity contribution >= 4 is 11.9 Å². The normalized spacial score (nSPS) is 31.6. The van der Waals surface area contributed by atoms with Gasteiger partial charge in [-0.25, -0.2) is 0 Å². The van der Waals surface area contributed by atoms with Crippen LogP contribution in [0.4, 0.5) is 0 Å². The Morgan fingerprint density at radius 3 is 1.03 bits per heavy atom. The highest BCUT2D eigenvalue weighted by Gasteiger charge is 2.59. The summed E-state index contributed by atoms with van der Waals surface area (Å²) in [6.07, 6.45) is -32.1. The summed E-state index contributed by atoms with van der Waals surface area (Å²) in [5.41, 5.74) is 6.70. The van der Waals surface area contributed by atoms with Crippen LogP contribution in [0.5, 0.6) is 0 Å². The number of benzene rings is 8. The Kier molecular flexibility index (Phi) is 31.2. The SMILES string of the molecule is CC(=O)N[C@@H]1[C@@H](O[C@@H]2O[C@@H](C)[C@H](OCc3ccccc3)[C@@H](O[C@@H]3O[C@@H](C)[C@H](OCc4ccccc4)[C@@H](OCc4ccccc4)[C@H]3O[C@@H]3O[C@@H](C)[C@H](OCc4ccccc4)[C@@H](O[C@H]4O[C@H](COCc5ccccc5)[C@@H](OCc5ccccc5)[C@H](OCc5ccccc5)[C@H]4OCc4ccccc4)[C@H]3O)[C@H]2OC(C)=O)[C@H](O)[C@@H](CO)O[C@H]1O. The third-order valence-corrected chi connectivity index (χ3v) is 20.9. The molecule has 25 heteroatoms. The molecule has 13 rings (SSSR count). The van der Waals surface area contributed by atoms with E-state index in [0.29, 0.717) is 0 Å². The number of carbonyl (C=O) groups is 2. The molecule has 8 aromatic carbocycles. The van der Waals surface area contributed by atoms with Crippen LogP contribution in [0.2, 0.25) is 0 Å². The first-order chi connectivity index (χ1) is 56.1. The number of aliphatic hydroxyl groups is 4. The van der Waals surface area contributed by atoms with E-state index in [0.717, 1.165) is 44.5 Å². The fraction of sp³-hybridized carbons (Fsp3) is 0.444. The van der Waals surface area contributed by atoms with E-state index in [4.69, 9.17) is 85.3 Å². The molecule has 5 aliphatic heterocycles. The monoisotopic (exact) mass is 1580 g/mol. The predicted molar refractivity (Wildman–Crippen MR) is 416 cm³/mol. The molecule has 0 radical (unpaired) electrons. The highest BCUT2D eigenvalue weighted by atomic mass is 16.8. The number of hydrogen-bond donors (Lipinski definition) is 5. The molecule has 5 fully saturated rings. The number of carbonyl (C=O) groups excluding carboxylic acids is 2. The third kappa shape index (κ3) is 23.0. The van der Waals surface area contributed by atoms with E-state index in [1.165, 1.54) is 13.8 Å². The topological polar surface area (TPSA) is 293 Å². The van der Waals surface area contributed by atoms with Crippen molar-refractivity contribution in [2.24, 2.45) is 0 Å². The minimum Gasteiger partial charge on any atom is -0.454 e. The first-order valence-electron chi connectivity index (χ1n) is 39.3. The van der Waals surface area contributed by atoms with Gasteiger partial charge in [0.25, 0.3) is 0 Å². The molecule has 5 N–H and O–H groups in total. The molecule has 0 spiro atoms. The molecule has 5 aliphatic rings. The molecule has 1 amide bonds. The van der Waals surface area contributed by atoms with E-state index in [-0.39, 0.29) is 59.5 Å². The van der Waals surface area contributed by atoms with Crippen molar-refractivity contribution in [3.05, 3.63) is 287 Å². The second kappa shape index (κ2) is 42.3. The van der Waals surface area contributed by atoms with Crippen LogP contribution in [0.3, 0.4) is 0 Å². The molecule has 8 aromatic rings. The number of ether oxygens (including phenoxy) is 18. The average Bonchev–Trinajstić information content (AvgIpc) is 0.762. The van der Waals surface area contributed by atoms with Gasteiger partial charge in [-0.15, -0.1) is 0 Å². The van der Waals surface area contributed by atoms with E-state index in [1.807, 2.05) is 243 Å². The fourth-order valence-corrected chi connectivity index (χ4v) is 15.1. The van der Waals surface area contributed by atoms with Gasteiger partial charge >= 0.3 is 5.97 Å². The van der Waals surface area contributed by atoms with Crippen LogP contribution in [-0.2, 0) is 148 Å².